The number of aliphatic hydroxyl groups is 1. The van der Waals surface area contributed by atoms with Crippen molar-refractivity contribution >= 4 is 11.9 Å². The lowest BCUT2D eigenvalue weighted by Gasteiger charge is -2.15. The molecule has 0 saturated heterocycles. The summed E-state index contributed by atoms with van der Waals surface area (Å²) in [6, 6.07) is 0. The van der Waals surface area contributed by atoms with Gasteiger partial charge in [0.15, 0.2) is 6.10 Å². The molecule has 0 aromatic carbocycles. The molecule has 0 aliphatic heterocycles. The van der Waals surface area contributed by atoms with Crippen LogP contribution in [0, 0.1) is 0 Å². The average molecular weight is 1220 g/mol. The third-order valence-corrected chi connectivity index (χ3v) is 16.4. The maximum Gasteiger partial charge on any atom is 0.306 e. The minimum atomic E-state index is -0.777. The zero-order valence-corrected chi connectivity index (χ0v) is 58.0. The first-order valence-corrected chi connectivity index (χ1v) is 37.7. The molecule has 1 N–H and O–H groups in total. The topological polar surface area (TPSA) is 72.8 Å². The predicted octanol–water partition coefficient (Wildman–Crippen LogP) is 26.7. The van der Waals surface area contributed by atoms with Crippen molar-refractivity contribution in [2.75, 3.05) is 13.2 Å². The largest absolute Gasteiger partial charge is 0.462 e. The van der Waals surface area contributed by atoms with E-state index in [-0.39, 0.29) is 25.2 Å². The van der Waals surface area contributed by atoms with E-state index in [0.717, 1.165) is 109 Å². The summed E-state index contributed by atoms with van der Waals surface area (Å²) < 4.78 is 10.8. The van der Waals surface area contributed by atoms with E-state index in [2.05, 4.69) is 148 Å². The molecule has 0 aliphatic rings. The van der Waals surface area contributed by atoms with Crippen molar-refractivity contribution < 1.29 is 24.2 Å². The predicted molar refractivity (Wildman–Crippen MR) is 389 cm³/mol. The second-order valence-corrected chi connectivity index (χ2v) is 25.0. The van der Waals surface area contributed by atoms with Gasteiger partial charge in [-0.05, 0) is 109 Å². The van der Waals surface area contributed by atoms with E-state index >= 15 is 0 Å². The van der Waals surface area contributed by atoms with Crippen molar-refractivity contribution in [2.45, 2.75) is 367 Å². The second kappa shape index (κ2) is 77.3. The van der Waals surface area contributed by atoms with Crippen LogP contribution in [0.3, 0.4) is 0 Å². The van der Waals surface area contributed by atoms with Gasteiger partial charge < -0.3 is 14.6 Å². The second-order valence-electron chi connectivity index (χ2n) is 25.0. The van der Waals surface area contributed by atoms with Crippen molar-refractivity contribution in [1.82, 2.24) is 0 Å². The Morgan fingerprint density at radius 3 is 0.682 bits per heavy atom. The van der Waals surface area contributed by atoms with Gasteiger partial charge in [0.2, 0.25) is 0 Å². The smallest absolute Gasteiger partial charge is 0.306 e. The van der Waals surface area contributed by atoms with Crippen LogP contribution >= 0.6 is 0 Å². The summed E-state index contributed by atoms with van der Waals surface area (Å²) in [4.78, 5) is 24.7. The van der Waals surface area contributed by atoms with Gasteiger partial charge in [0.1, 0.15) is 6.61 Å². The highest BCUT2D eigenvalue weighted by atomic mass is 16.6. The third-order valence-electron chi connectivity index (χ3n) is 16.4. The molecule has 0 aromatic heterocycles. The zero-order chi connectivity index (χ0) is 63.3. The van der Waals surface area contributed by atoms with Gasteiger partial charge >= 0.3 is 11.9 Å². The van der Waals surface area contributed by atoms with Gasteiger partial charge in [-0.25, -0.2) is 0 Å². The molecule has 0 aliphatic carbocycles. The highest BCUT2D eigenvalue weighted by molar-refractivity contribution is 5.70. The first kappa shape index (κ1) is 84.0. The number of unbranched alkanes of at least 4 members (excludes halogenated alkanes) is 39. The van der Waals surface area contributed by atoms with E-state index in [9.17, 15) is 14.7 Å². The van der Waals surface area contributed by atoms with E-state index in [1.807, 2.05) is 0 Å². The van der Waals surface area contributed by atoms with Gasteiger partial charge in [-0.15, -0.1) is 0 Å². The fourth-order valence-electron chi connectivity index (χ4n) is 10.9. The van der Waals surface area contributed by atoms with Crippen molar-refractivity contribution in [3.05, 3.63) is 134 Å². The summed E-state index contributed by atoms with van der Waals surface area (Å²) in [7, 11) is 0. The van der Waals surface area contributed by atoms with Crippen LogP contribution in [0.1, 0.15) is 361 Å². The zero-order valence-electron chi connectivity index (χ0n) is 58.0. The summed E-state index contributed by atoms with van der Waals surface area (Å²) >= 11 is 0. The molecule has 0 saturated carbocycles. The quantitative estimate of drug-likeness (QED) is 0.0373. The minimum absolute atomic E-state index is 0.0656. The maximum atomic E-state index is 12.4. The molecule has 0 heterocycles. The molecule has 5 heteroatoms. The van der Waals surface area contributed by atoms with Crippen LogP contribution < -0.4 is 0 Å². The van der Waals surface area contributed by atoms with Crippen LogP contribution in [0.25, 0.3) is 0 Å². The summed E-state index contributed by atoms with van der Waals surface area (Å²) in [6.07, 6.45) is 115. The van der Waals surface area contributed by atoms with Gasteiger partial charge in [0.25, 0.3) is 0 Å². The summed E-state index contributed by atoms with van der Waals surface area (Å²) in [5, 5.41) is 9.72. The number of aliphatic hydroxyl groups excluding tert-OH is 1. The SMILES string of the molecule is CC/C=C\C/C=C\C/C=C\C/C=C\C/C=C\C/C=C\CCCCCCCCCCCCCCCCCCCCCCC(=O)OC(CO)COC(=O)CCCCCCCCCCCCCCCCCCCCC/C=C\C/C=C\C/C=C\C/C=C\C/C=C\CC. The van der Waals surface area contributed by atoms with Gasteiger partial charge in [-0.2, -0.15) is 0 Å². The van der Waals surface area contributed by atoms with Crippen LogP contribution in [0.4, 0.5) is 0 Å². The van der Waals surface area contributed by atoms with E-state index in [1.54, 1.807) is 0 Å². The molecule has 0 fully saturated rings. The first-order valence-electron chi connectivity index (χ1n) is 37.7. The molecule has 1 atom stereocenters. The van der Waals surface area contributed by atoms with Gasteiger partial charge in [-0.3, -0.25) is 9.59 Å². The van der Waals surface area contributed by atoms with Crippen molar-refractivity contribution in [2.24, 2.45) is 0 Å². The van der Waals surface area contributed by atoms with Crippen LogP contribution in [-0.2, 0) is 19.1 Å². The molecular weight excluding hydrogens is 1080 g/mol. The number of carbonyl (C=O) groups is 2. The van der Waals surface area contributed by atoms with Gasteiger partial charge in [0, 0.05) is 12.8 Å². The molecular formula is C83H142O5. The Hall–Kier alpha value is -3.96. The van der Waals surface area contributed by atoms with E-state index in [0.29, 0.717) is 12.8 Å². The number of hydrogen-bond acceptors (Lipinski definition) is 5. The Balaban J connectivity index is 3.43. The standard InChI is InChI=1S/C83H142O5/c1-3-5-7-9-11-13-15-17-19-21-23-25-27-29-31-33-35-37-39-40-41-42-44-46-48-50-52-54-56-58-60-62-64-66-68-70-72-74-76-78-83(86)88-81(79-84)80-87-82(85)77-75-73-71-69-67-65-63-61-59-57-55-53-51-49-47-45-43-38-36-34-32-30-28-26-24-22-20-18-16-14-12-10-8-6-4-2/h5-8,11-14,17-20,23-26,29-32,35,37,81,84H,3-4,9-10,15-16,21-22,27-28,33-34,36,38-80H2,1-2H3/b7-5-,8-6-,13-11-,14-12-,19-17-,20-18-,25-23-,26-24-,31-29-,32-30-,37-35-. The van der Waals surface area contributed by atoms with E-state index in [1.165, 1.54) is 225 Å². The lowest BCUT2D eigenvalue weighted by molar-refractivity contribution is -0.161. The minimum Gasteiger partial charge on any atom is -0.462 e. The van der Waals surface area contributed by atoms with E-state index in [4.69, 9.17) is 9.47 Å². The monoisotopic (exact) mass is 1220 g/mol. The number of allylic oxidation sites excluding steroid dienone is 22. The molecule has 504 valence electrons. The molecule has 88 heavy (non-hydrogen) atoms. The fourth-order valence-corrected chi connectivity index (χ4v) is 10.9. The number of rotatable bonds is 69. The van der Waals surface area contributed by atoms with Crippen LogP contribution in [0.5, 0.6) is 0 Å². The van der Waals surface area contributed by atoms with Crippen LogP contribution in [-0.4, -0.2) is 36.4 Å². The van der Waals surface area contributed by atoms with Crippen LogP contribution in [0.15, 0.2) is 134 Å². The molecule has 0 aromatic rings. The van der Waals surface area contributed by atoms with Crippen molar-refractivity contribution in [3.8, 4) is 0 Å². The first-order chi connectivity index (χ1) is 43.6. The molecule has 0 amide bonds. The lowest BCUT2D eigenvalue weighted by Crippen LogP contribution is -2.28. The molecule has 0 bridgehead atoms. The van der Waals surface area contributed by atoms with Crippen molar-refractivity contribution in [1.29, 1.82) is 0 Å². The Morgan fingerprint density at radius 2 is 0.455 bits per heavy atom. The van der Waals surface area contributed by atoms with Gasteiger partial charge in [0.05, 0.1) is 6.61 Å². The highest BCUT2D eigenvalue weighted by Gasteiger charge is 2.16. The normalized spacial score (nSPS) is 13.0. The Labute approximate surface area is 546 Å². The Kier molecular flexibility index (Phi) is 73.8. The summed E-state index contributed by atoms with van der Waals surface area (Å²) in [5.74, 6) is -0.576. The van der Waals surface area contributed by atoms with Crippen LogP contribution in [0.2, 0.25) is 0 Å². The maximum absolute atomic E-state index is 12.4. The van der Waals surface area contributed by atoms with E-state index < -0.39 is 6.10 Å². The van der Waals surface area contributed by atoms with Gasteiger partial charge in [-0.1, -0.05) is 372 Å². The Morgan fingerprint density at radius 1 is 0.261 bits per heavy atom. The molecule has 0 radical (unpaired) electrons. The average Bonchev–Trinajstić information content (AvgIpc) is 3.54. The number of hydrogen-bond donors (Lipinski definition) is 1. The molecule has 1 unspecified atom stereocenters. The number of carbonyl (C=O) groups excluding carboxylic acids is 2. The highest BCUT2D eigenvalue weighted by Crippen LogP contribution is 2.18. The molecule has 5 nitrogen and oxygen atoms in total. The number of ether oxygens (including phenoxy) is 2. The summed E-state index contributed by atoms with van der Waals surface area (Å²) in [6.45, 7) is 3.95. The molecule has 0 rings (SSSR count). The van der Waals surface area contributed by atoms with Crippen molar-refractivity contribution in [3.63, 3.8) is 0 Å². The number of esters is 2. The third kappa shape index (κ3) is 74.5. The Bertz CT molecular complexity index is 1770. The summed E-state index contributed by atoms with van der Waals surface area (Å²) in [5.41, 5.74) is 0. The molecule has 0 spiro atoms. The fraction of sp³-hybridized carbons (Fsp3) is 0.711. The lowest BCUT2D eigenvalue weighted by atomic mass is 10.0.